The normalized spacial score (nSPS) is 10.3. The quantitative estimate of drug-likeness (QED) is 0.859. The third-order valence-corrected chi connectivity index (χ3v) is 2.40. The van der Waals surface area contributed by atoms with Crippen molar-refractivity contribution >= 4 is 11.9 Å². The van der Waals surface area contributed by atoms with Crippen LogP contribution >= 0.6 is 0 Å². The van der Waals surface area contributed by atoms with Gasteiger partial charge in [0.2, 0.25) is 5.95 Å². The van der Waals surface area contributed by atoms with Crippen molar-refractivity contribution in [1.82, 2.24) is 9.97 Å². The van der Waals surface area contributed by atoms with Crippen molar-refractivity contribution in [2.75, 3.05) is 5.32 Å². The van der Waals surface area contributed by atoms with Crippen LogP contribution in [-0.4, -0.2) is 21.0 Å². The zero-order chi connectivity index (χ0) is 13.1. The second-order valence-corrected chi connectivity index (χ2v) is 3.93. The lowest BCUT2D eigenvalue weighted by atomic mass is 10.2. The molecule has 2 aromatic rings. The van der Waals surface area contributed by atoms with Gasteiger partial charge in [0.25, 0.3) is 0 Å². The van der Waals surface area contributed by atoms with E-state index in [1.165, 1.54) is 6.07 Å². The number of carboxylic acids is 1. The Morgan fingerprint density at radius 3 is 2.61 bits per heavy atom. The van der Waals surface area contributed by atoms with Crippen molar-refractivity contribution in [3.63, 3.8) is 0 Å². The zero-order valence-electron chi connectivity index (χ0n) is 10.1. The summed E-state index contributed by atoms with van der Waals surface area (Å²) >= 11 is 0. The number of aryl methyl sites for hydroxylation is 2. The first-order valence-electron chi connectivity index (χ1n) is 5.41. The van der Waals surface area contributed by atoms with Crippen molar-refractivity contribution in [2.24, 2.45) is 0 Å². The Morgan fingerprint density at radius 1 is 1.39 bits per heavy atom. The van der Waals surface area contributed by atoms with Crippen LogP contribution in [0.4, 0.5) is 5.95 Å². The molecule has 0 aromatic carbocycles. The van der Waals surface area contributed by atoms with Gasteiger partial charge in [-0.2, -0.15) is 0 Å². The number of hydrogen-bond donors (Lipinski definition) is 2. The number of aromatic carboxylic acids is 1. The number of carboxylic acid groups (broad SMARTS) is 1. The van der Waals surface area contributed by atoms with Crippen LogP contribution < -0.4 is 5.32 Å². The molecule has 0 unspecified atom stereocenters. The molecule has 0 fully saturated rings. The standard InChI is InChI=1S/C12H13N3O3/c1-7-4-13-12(14-5-7)15-6-9-3-10(11(16)17)8(2)18-9/h3-5H,6H2,1-2H3,(H,16,17)(H,13,14,15). The molecule has 18 heavy (non-hydrogen) atoms. The van der Waals surface area contributed by atoms with Crippen LogP contribution in [-0.2, 0) is 6.54 Å². The summed E-state index contributed by atoms with van der Waals surface area (Å²) in [4.78, 5) is 19.0. The number of hydrogen-bond acceptors (Lipinski definition) is 5. The minimum Gasteiger partial charge on any atom is -0.478 e. The fraction of sp³-hybridized carbons (Fsp3) is 0.250. The first-order valence-corrected chi connectivity index (χ1v) is 5.41. The van der Waals surface area contributed by atoms with E-state index in [0.29, 0.717) is 24.0 Å². The number of nitrogens with one attached hydrogen (secondary N) is 1. The second-order valence-electron chi connectivity index (χ2n) is 3.93. The molecule has 0 spiro atoms. The maximum atomic E-state index is 10.8. The summed E-state index contributed by atoms with van der Waals surface area (Å²) < 4.78 is 5.32. The van der Waals surface area contributed by atoms with E-state index in [1.807, 2.05) is 6.92 Å². The Balaban J connectivity index is 2.04. The number of nitrogens with zero attached hydrogens (tertiary/aromatic N) is 2. The van der Waals surface area contributed by atoms with Gasteiger partial charge in [-0.25, -0.2) is 14.8 Å². The minimum absolute atomic E-state index is 0.177. The smallest absolute Gasteiger partial charge is 0.339 e. The SMILES string of the molecule is Cc1cnc(NCc2cc(C(=O)O)c(C)o2)nc1. The number of furan rings is 1. The highest BCUT2D eigenvalue weighted by Crippen LogP contribution is 2.15. The Kier molecular flexibility index (Phi) is 3.27. The molecule has 0 aliphatic heterocycles. The van der Waals surface area contributed by atoms with Gasteiger partial charge in [0.1, 0.15) is 17.1 Å². The summed E-state index contributed by atoms with van der Waals surface area (Å²) in [6, 6.07) is 1.50. The molecule has 2 heterocycles. The lowest BCUT2D eigenvalue weighted by molar-refractivity contribution is 0.0695. The summed E-state index contributed by atoms with van der Waals surface area (Å²) in [5, 5.41) is 11.8. The minimum atomic E-state index is -0.992. The van der Waals surface area contributed by atoms with Crippen molar-refractivity contribution in [3.05, 3.63) is 41.1 Å². The maximum Gasteiger partial charge on any atom is 0.339 e. The number of aromatic nitrogens is 2. The predicted molar refractivity (Wildman–Crippen MR) is 64.5 cm³/mol. The number of carbonyl (C=O) groups is 1. The summed E-state index contributed by atoms with van der Waals surface area (Å²) in [6.07, 6.45) is 3.40. The molecule has 0 saturated carbocycles. The van der Waals surface area contributed by atoms with E-state index in [2.05, 4.69) is 15.3 Å². The van der Waals surface area contributed by atoms with E-state index in [9.17, 15) is 4.79 Å². The van der Waals surface area contributed by atoms with Crippen LogP contribution in [0.15, 0.2) is 22.9 Å². The van der Waals surface area contributed by atoms with Crippen LogP contribution in [0.5, 0.6) is 0 Å². The van der Waals surface area contributed by atoms with Gasteiger partial charge < -0.3 is 14.8 Å². The molecule has 0 amide bonds. The number of anilines is 1. The van der Waals surface area contributed by atoms with Crippen LogP contribution in [0.25, 0.3) is 0 Å². The molecule has 6 nitrogen and oxygen atoms in total. The monoisotopic (exact) mass is 247 g/mol. The van der Waals surface area contributed by atoms with Crippen LogP contribution in [0.3, 0.4) is 0 Å². The molecule has 2 rings (SSSR count). The van der Waals surface area contributed by atoms with Gasteiger partial charge in [-0.1, -0.05) is 0 Å². The van der Waals surface area contributed by atoms with Crippen LogP contribution in [0, 0.1) is 13.8 Å². The summed E-state index contributed by atoms with van der Waals surface area (Å²) in [5.41, 5.74) is 1.15. The number of rotatable bonds is 4. The van der Waals surface area contributed by atoms with Crippen molar-refractivity contribution in [2.45, 2.75) is 20.4 Å². The zero-order valence-corrected chi connectivity index (χ0v) is 10.1. The van der Waals surface area contributed by atoms with Gasteiger partial charge in [0, 0.05) is 12.4 Å². The van der Waals surface area contributed by atoms with E-state index in [4.69, 9.17) is 9.52 Å². The van der Waals surface area contributed by atoms with Crippen LogP contribution in [0.1, 0.15) is 27.4 Å². The molecule has 0 atom stereocenters. The van der Waals surface area contributed by atoms with Crippen molar-refractivity contribution < 1.29 is 14.3 Å². The molecular formula is C12H13N3O3. The third kappa shape index (κ3) is 2.65. The Bertz CT molecular complexity index is 560. The first-order chi connectivity index (χ1) is 8.56. The molecule has 0 aliphatic rings. The lowest BCUT2D eigenvalue weighted by Crippen LogP contribution is -2.02. The van der Waals surface area contributed by atoms with Gasteiger partial charge in [-0.15, -0.1) is 0 Å². The van der Waals surface area contributed by atoms with Crippen molar-refractivity contribution in [3.8, 4) is 0 Å². The molecule has 94 valence electrons. The van der Waals surface area contributed by atoms with E-state index >= 15 is 0 Å². The van der Waals surface area contributed by atoms with Gasteiger partial charge in [-0.05, 0) is 25.5 Å². The predicted octanol–water partition coefficient (Wildman–Crippen LogP) is 2.00. The average Bonchev–Trinajstić information content (AvgIpc) is 2.70. The highest BCUT2D eigenvalue weighted by atomic mass is 16.4. The Hall–Kier alpha value is -2.37. The first kappa shape index (κ1) is 12.1. The fourth-order valence-electron chi connectivity index (χ4n) is 1.49. The summed E-state index contributed by atoms with van der Waals surface area (Å²) in [5.74, 6) is 0.416. The third-order valence-electron chi connectivity index (χ3n) is 2.40. The van der Waals surface area contributed by atoms with E-state index in [1.54, 1.807) is 19.3 Å². The highest BCUT2D eigenvalue weighted by Gasteiger charge is 2.13. The van der Waals surface area contributed by atoms with Crippen molar-refractivity contribution in [1.29, 1.82) is 0 Å². The van der Waals surface area contributed by atoms with E-state index in [-0.39, 0.29) is 5.56 Å². The highest BCUT2D eigenvalue weighted by molar-refractivity contribution is 5.88. The lowest BCUT2D eigenvalue weighted by Gasteiger charge is -2.01. The molecule has 0 radical (unpaired) electrons. The average molecular weight is 247 g/mol. The molecule has 0 saturated heterocycles. The van der Waals surface area contributed by atoms with E-state index < -0.39 is 5.97 Å². The molecule has 2 aromatic heterocycles. The van der Waals surface area contributed by atoms with Gasteiger partial charge >= 0.3 is 5.97 Å². The van der Waals surface area contributed by atoms with Crippen LogP contribution in [0.2, 0.25) is 0 Å². The maximum absolute atomic E-state index is 10.8. The Morgan fingerprint density at radius 2 is 2.06 bits per heavy atom. The van der Waals surface area contributed by atoms with E-state index in [0.717, 1.165) is 5.56 Å². The molecule has 0 aliphatic carbocycles. The van der Waals surface area contributed by atoms with Gasteiger partial charge in [-0.3, -0.25) is 0 Å². The molecule has 2 N–H and O–H groups in total. The summed E-state index contributed by atoms with van der Waals surface area (Å²) in [7, 11) is 0. The molecule has 0 bridgehead atoms. The molecule has 6 heteroatoms. The topological polar surface area (TPSA) is 88.2 Å². The Labute approximate surface area is 104 Å². The largest absolute Gasteiger partial charge is 0.478 e. The van der Waals surface area contributed by atoms with Gasteiger partial charge in [0.15, 0.2) is 0 Å². The van der Waals surface area contributed by atoms with Gasteiger partial charge in [0.05, 0.1) is 6.54 Å². The fourth-order valence-corrected chi connectivity index (χ4v) is 1.49. The summed E-state index contributed by atoms with van der Waals surface area (Å²) in [6.45, 7) is 3.87. The second kappa shape index (κ2) is 4.87. The molecular weight excluding hydrogens is 234 g/mol.